The molecule has 106 valence electrons. The molecule has 2 aromatic rings. The lowest BCUT2D eigenvalue weighted by atomic mass is 10.1. The van der Waals surface area contributed by atoms with Crippen LogP contribution in [0.2, 0.25) is 0 Å². The predicted molar refractivity (Wildman–Crippen MR) is 83.6 cm³/mol. The van der Waals surface area contributed by atoms with Gasteiger partial charge in [0.05, 0.1) is 11.7 Å². The highest BCUT2D eigenvalue weighted by Crippen LogP contribution is 2.31. The van der Waals surface area contributed by atoms with E-state index in [1.807, 2.05) is 6.20 Å². The maximum Gasteiger partial charge on any atom is 0.115 e. The number of aromatic nitrogens is 2. The van der Waals surface area contributed by atoms with Crippen LogP contribution < -0.4 is 5.73 Å². The molecule has 0 spiro atoms. The molecule has 1 heterocycles. The summed E-state index contributed by atoms with van der Waals surface area (Å²) in [4.78, 5) is 0. The van der Waals surface area contributed by atoms with Crippen LogP contribution in [0.3, 0.4) is 0 Å². The van der Waals surface area contributed by atoms with E-state index in [2.05, 4.69) is 35.9 Å². The molecule has 0 bridgehead atoms. The van der Waals surface area contributed by atoms with Crippen LogP contribution in [0.1, 0.15) is 50.1 Å². The van der Waals surface area contributed by atoms with Gasteiger partial charge in [-0.1, -0.05) is 49.4 Å². The Morgan fingerprint density at radius 3 is 2.60 bits per heavy atom. The summed E-state index contributed by atoms with van der Waals surface area (Å²) in [7, 11) is 0. The number of hydrogen-bond acceptors (Lipinski definition) is 2. The topological polar surface area (TPSA) is 43.8 Å². The van der Waals surface area contributed by atoms with Gasteiger partial charge >= 0.3 is 0 Å². The van der Waals surface area contributed by atoms with Gasteiger partial charge in [-0.05, 0) is 25.8 Å². The van der Waals surface area contributed by atoms with Crippen molar-refractivity contribution in [1.82, 2.24) is 9.78 Å². The van der Waals surface area contributed by atoms with Crippen molar-refractivity contribution in [1.29, 1.82) is 0 Å². The molecule has 3 heteroatoms. The average molecular weight is 269 g/mol. The summed E-state index contributed by atoms with van der Waals surface area (Å²) in [5.74, 6) is 0. The van der Waals surface area contributed by atoms with Crippen LogP contribution >= 0.6 is 0 Å². The van der Waals surface area contributed by atoms with Crippen LogP contribution in [0.5, 0.6) is 0 Å². The number of nitrogens with two attached hydrogens (primary N) is 1. The van der Waals surface area contributed by atoms with Gasteiger partial charge in [-0.25, -0.2) is 0 Å². The normalized spacial score (nSPS) is 17.1. The minimum atomic E-state index is 0.526. The van der Waals surface area contributed by atoms with Crippen LogP contribution in [-0.2, 0) is 0 Å². The molecule has 2 N–H and O–H groups in total. The van der Waals surface area contributed by atoms with Gasteiger partial charge in [-0.15, -0.1) is 0 Å². The first-order valence-electron chi connectivity index (χ1n) is 7.66. The van der Waals surface area contributed by atoms with E-state index < -0.39 is 0 Å². The first-order chi connectivity index (χ1) is 9.74. The maximum absolute atomic E-state index is 6.19. The zero-order chi connectivity index (χ0) is 13.9. The highest BCUT2D eigenvalue weighted by molar-refractivity contribution is 5.72. The standard InChI is InChI=1S/C17H23N3/c1-13-7-6-8-14(11-13)17-16(18)12-20(19-17)15-9-4-2-3-5-10-15/h6-8,11-12,15H,2-5,9-10,18H2,1H3. The highest BCUT2D eigenvalue weighted by atomic mass is 15.3. The third-order valence-corrected chi connectivity index (χ3v) is 4.25. The smallest absolute Gasteiger partial charge is 0.115 e. The molecule has 1 aliphatic rings. The molecule has 1 aliphatic carbocycles. The lowest BCUT2D eigenvalue weighted by molar-refractivity contribution is 0.406. The lowest BCUT2D eigenvalue weighted by Crippen LogP contribution is -2.08. The third kappa shape index (κ3) is 2.72. The van der Waals surface area contributed by atoms with E-state index in [4.69, 9.17) is 10.8 Å². The molecule has 0 radical (unpaired) electrons. The fraction of sp³-hybridized carbons (Fsp3) is 0.471. The first-order valence-corrected chi connectivity index (χ1v) is 7.66. The molecule has 1 aromatic carbocycles. The zero-order valence-electron chi connectivity index (χ0n) is 12.2. The van der Waals surface area contributed by atoms with Gasteiger partial charge in [-0.3, -0.25) is 4.68 Å². The van der Waals surface area contributed by atoms with Crippen molar-refractivity contribution in [2.75, 3.05) is 5.73 Å². The first kappa shape index (κ1) is 13.2. The van der Waals surface area contributed by atoms with Gasteiger partial charge in [0.15, 0.2) is 0 Å². The monoisotopic (exact) mass is 269 g/mol. The Morgan fingerprint density at radius 2 is 1.90 bits per heavy atom. The minimum Gasteiger partial charge on any atom is -0.396 e. The molecule has 1 saturated carbocycles. The fourth-order valence-corrected chi connectivity index (χ4v) is 3.13. The van der Waals surface area contributed by atoms with E-state index in [0.29, 0.717) is 6.04 Å². The summed E-state index contributed by atoms with van der Waals surface area (Å²) in [6.45, 7) is 2.10. The second-order valence-corrected chi connectivity index (χ2v) is 5.93. The summed E-state index contributed by atoms with van der Waals surface area (Å²) in [5.41, 5.74) is 10.3. The number of hydrogen-bond donors (Lipinski definition) is 1. The Hall–Kier alpha value is -1.77. The Bertz CT molecular complexity index is 578. The average Bonchev–Trinajstić information content (AvgIpc) is 2.65. The van der Waals surface area contributed by atoms with Gasteiger partial charge in [0.1, 0.15) is 5.69 Å². The summed E-state index contributed by atoms with van der Waals surface area (Å²) in [6, 6.07) is 8.93. The Labute approximate surface area is 120 Å². The van der Waals surface area contributed by atoms with Crippen molar-refractivity contribution < 1.29 is 0 Å². The number of rotatable bonds is 2. The lowest BCUT2D eigenvalue weighted by Gasteiger charge is -2.14. The third-order valence-electron chi connectivity index (χ3n) is 4.25. The number of anilines is 1. The van der Waals surface area contributed by atoms with Crippen LogP contribution in [-0.4, -0.2) is 9.78 Å². The van der Waals surface area contributed by atoms with E-state index >= 15 is 0 Å². The second-order valence-electron chi connectivity index (χ2n) is 5.93. The van der Waals surface area contributed by atoms with Gasteiger partial charge in [0.2, 0.25) is 0 Å². The molecule has 1 aromatic heterocycles. The van der Waals surface area contributed by atoms with E-state index in [9.17, 15) is 0 Å². The minimum absolute atomic E-state index is 0.526. The van der Waals surface area contributed by atoms with Crippen molar-refractivity contribution in [2.24, 2.45) is 0 Å². The number of benzene rings is 1. The number of aryl methyl sites for hydroxylation is 1. The predicted octanol–water partition coefficient (Wildman–Crippen LogP) is 4.34. The second kappa shape index (κ2) is 5.70. The molecule has 3 nitrogen and oxygen atoms in total. The molecular formula is C17H23N3. The largest absolute Gasteiger partial charge is 0.396 e. The van der Waals surface area contributed by atoms with Crippen LogP contribution in [0, 0.1) is 6.92 Å². The highest BCUT2D eigenvalue weighted by Gasteiger charge is 2.17. The SMILES string of the molecule is Cc1cccc(-c2nn(C3CCCCCC3)cc2N)c1. The molecule has 1 fully saturated rings. The molecule has 3 rings (SSSR count). The van der Waals surface area contributed by atoms with Crippen molar-refractivity contribution in [3.63, 3.8) is 0 Å². The van der Waals surface area contributed by atoms with E-state index in [1.54, 1.807) is 0 Å². The summed E-state index contributed by atoms with van der Waals surface area (Å²) in [6.07, 6.45) is 9.82. The summed E-state index contributed by atoms with van der Waals surface area (Å²) >= 11 is 0. The molecule has 0 atom stereocenters. The van der Waals surface area contributed by atoms with Crippen molar-refractivity contribution >= 4 is 5.69 Å². The molecular weight excluding hydrogens is 246 g/mol. The van der Waals surface area contributed by atoms with Gasteiger partial charge in [-0.2, -0.15) is 5.10 Å². The molecule has 0 unspecified atom stereocenters. The molecule has 0 saturated heterocycles. The molecule has 0 amide bonds. The Balaban J connectivity index is 1.90. The number of nitrogens with zero attached hydrogens (tertiary/aromatic N) is 2. The number of nitrogen functional groups attached to an aromatic ring is 1. The van der Waals surface area contributed by atoms with Gasteiger partial charge in [0.25, 0.3) is 0 Å². The quantitative estimate of drug-likeness (QED) is 0.824. The summed E-state index contributed by atoms with van der Waals surface area (Å²) < 4.78 is 2.11. The van der Waals surface area contributed by atoms with E-state index in [-0.39, 0.29) is 0 Å². The van der Waals surface area contributed by atoms with Crippen LogP contribution in [0.4, 0.5) is 5.69 Å². The van der Waals surface area contributed by atoms with E-state index in [1.165, 1.54) is 44.1 Å². The van der Waals surface area contributed by atoms with Crippen LogP contribution in [0.15, 0.2) is 30.5 Å². The zero-order valence-corrected chi connectivity index (χ0v) is 12.2. The Kier molecular flexibility index (Phi) is 3.77. The van der Waals surface area contributed by atoms with Gasteiger partial charge < -0.3 is 5.73 Å². The van der Waals surface area contributed by atoms with Crippen molar-refractivity contribution in [3.05, 3.63) is 36.0 Å². The molecule has 20 heavy (non-hydrogen) atoms. The van der Waals surface area contributed by atoms with Crippen molar-refractivity contribution in [2.45, 2.75) is 51.5 Å². The van der Waals surface area contributed by atoms with Gasteiger partial charge in [0, 0.05) is 11.8 Å². The van der Waals surface area contributed by atoms with E-state index in [0.717, 1.165) is 16.9 Å². The van der Waals surface area contributed by atoms with Crippen molar-refractivity contribution in [3.8, 4) is 11.3 Å². The van der Waals surface area contributed by atoms with Crippen LogP contribution in [0.25, 0.3) is 11.3 Å². The maximum atomic E-state index is 6.19. The summed E-state index contributed by atoms with van der Waals surface area (Å²) in [5, 5.41) is 4.78. The molecule has 0 aliphatic heterocycles. The Morgan fingerprint density at radius 1 is 1.15 bits per heavy atom. The fourth-order valence-electron chi connectivity index (χ4n) is 3.13.